The first-order valence-electron chi connectivity index (χ1n) is 32.8. The first-order valence-corrected chi connectivity index (χ1v) is 33.1. The van der Waals surface area contributed by atoms with Crippen LogP contribution in [0, 0.1) is 18.6 Å². The number of benzene rings is 4. The fraction of sp³-hybridized carbons (Fsp3) is 0.440. The lowest BCUT2D eigenvalue weighted by atomic mass is 9.95. The third kappa shape index (κ3) is 25.3. The second kappa shape index (κ2) is 39.2. The zero-order valence-electron chi connectivity index (χ0n) is 54.9. The lowest BCUT2D eigenvalue weighted by Crippen LogP contribution is -2.28. The number of ether oxygens (including phenoxy) is 5. The summed E-state index contributed by atoms with van der Waals surface area (Å²) in [7, 11) is 1.32. The van der Waals surface area contributed by atoms with Gasteiger partial charge in [-0.05, 0) is 223 Å². The summed E-state index contributed by atoms with van der Waals surface area (Å²) < 4.78 is 59.3. The molecule has 4 aliphatic carbocycles. The lowest BCUT2D eigenvalue weighted by molar-refractivity contribution is -0.146. The molecule has 0 fully saturated rings. The summed E-state index contributed by atoms with van der Waals surface area (Å²) in [5.41, 5.74) is 6.54. The normalized spacial score (nSPS) is 15.5. The van der Waals surface area contributed by atoms with Gasteiger partial charge >= 0.3 is 35.5 Å². The molecule has 4 unspecified atom stereocenters. The number of para-hydroxylation sites is 1. The van der Waals surface area contributed by atoms with Crippen LogP contribution in [0.4, 0.5) is 8.78 Å². The molecule has 96 heavy (non-hydrogen) atoms. The number of aryl methyl sites for hydroxylation is 1. The minimum atomic E-state index is -1.30. The predicted octanol–water partition coefficient (Wildman–Crippen LogP) is 16.7. The van der Waals surface area contributed by atoms with Crippen molar-refractivity contribution in [2.75, 3.05) is 7.11 Å². The molecular weight excluding hydrogens is 1260 g/mol. The van der Waals surface area contributed by atoms with Gasteiger partial charge in [0.25, 0.3) is 0 Å². The molecule has 0 bridgehead atoms. The van der Waals surface area contributed by atoms with Crippen molar-refractivity contribution >= 4 is 64.0 Å². The third-order valence-corrected chi connectivity index (χ3v) is 17.0. The molecule has 0 amide bonds. The first-order chi connectivity index (χ1) is 46.0. The zero-order chi connectivity index (χ0) is 69.7. The summed E-state index contributed by atoms with van der Waals surface area (Å²) in [6.45, 7) is 4.38. The maximum atomic E-state index is 14.0. The van der Waals surface area contributed by atoms with E-state index >= 15 is 0 Å². The van der Waals surface area contributed by atoms with Crippen molar-refractivity contribution in [3.05, 3.63) is 175 Å². The number of esters is 1. The van der Waals surface area contributed by atoms with E-state index in [1.807, 2.05) is 6.92 Å². The number of rotatable bonds is 28. The van der Waals surface area contributed by atoms with Gasteiger partial charge in [0.15, 0.2) is 47.5 Å². The minimum Gasteiger partial charge on any atom is -0.479 e. The molecule has 5 aromatic rings. The third-order valence-electron chi connectivity index (χ3n) is 16.8. The van der Waals surface area contributed by atoms with E-state index in [2.05, 4.69) is 29.0 Å². The maximum absolute atomic E-state index is 14.0. The molecule has 0 spiro atoms. The van der Waals surface area contributed by atoms with Crippen LogP contribution in [-0.4, -0.2) is 93.4 Å². The summed E-state index contributed by atoms with van der Waals surface area (Å²) in [4.78, 5) is 92.2. The highest BCUT2D eigenvalue weighted by Crippen LogP contribution is 2.32. The molecular formula is C75H87ClF2O18. The predicted molar refractivity (Wildman–Crippen MR) is 359 cm³/mol. The Hall–Kier alpha value is -8.91. The molecule has 18 nitrogen and oxygen atoms in total. The molecule has 516 valence electrons. The summed E-state index contributed by atoms with van der Waals surface area (Å²) in [6, 6.07) is 19.6. The highest BCUT2D eigenvalue weighted by Gasteiger charge is 2.28. The van der Waals surface area contributed by atoms with E-state index in [4.69, 9.17) is 35.0 Å². The molecule has 1 aromatic heterocycles. The number of carboxylic acid groups (broad SMARTS) is 4. The Balaban J connectivity index is 0.000000203. The number of fused-ring (bicyclic) bond motifs is 1. The molecule has 4 aliphatic rings. The second-order valence-corrected chi connectivity index (χ2v) is 24.6. The minimum absolute atomic E-state index is 0.0597. The van der Waals surface area contributed by atoms with Gasteiger partial charge in [0.2, 0.25) is 0 Å². The first kappa shape index (κ1) is 76.1. The molecule has 4 aromatic carbocycles. The highest BCUT2D eigenvalue weighted by molar-refractivity contribution is 6.31. The van der Waals surface area contributed by atoms with Gasteiger partial charge < -0.3 is 48.5 Å². The van der Waals surface area contributed by atoms with Crippen LogP contribution >= 0.6 is 11.6 Å². The van der Waals surface area contributed by atoms with Crippen LogP contribution < -0.4 is 24.6 Å². The average Bonchev–Trinajstić information content (AvgIpc) is 0.845. The molecule has 9 rings (SSSR count). The van der Waals surface area contributed by atoms with E-state index < -0.39 is 77.1 Å². The SMILES string of the molecule is CC(=O)c1cc(Cl)ccc1OC(CCC1=CCCCC1)C(=O)O.CC(=O)c1cc(F)cc(F)c1OC(CCC1=CCCCC1)C(=O)O.COC(=O)Cc1ccccc1OC(CCC1=CCCCC1)C(=O)O.Cc1cc(=O)oc2cc(OC(CCC3=CCCCC3)C(=O)O)ccc12. The smallest absolute Gasteiger partial charge is 0.344 e. The Labute approximate surface area is 563 Å². The van der Waals surface area contributed by atoms with Gasteiger partial charge in [-0.15, -0.1) is 0 Å². The van der Waals surface area contributed by atoms with Gasteiger partial charge in [0, 0.05) is 34.2 Å². The number of carbonyl (C=O) groups excluding carboxylic acids is 3. The Morgan fingerprint density at radius 3 is 1.44 bits per heavy atom. The van der Waals surface area contributed by atoms with E-state index in [1.165, 1.54) is 80.6 Å². The standard InChI is InChI=1S/C20H22O5.C19H24O5.C18H21ClO4.C18H20F2O4/c1-13-11-19(21)25-18-12-15(8-9-16(13)18)24-17(20(22)23)10-7-14-5-3-2-4-6-14;1-23-18(20)13-15-9-5-6-10-16(15)24-17(19(21)22)12-11-14-7-3-2-4-8-14;1-12(20)15-11-14(19)8-10-16(15)23-17(18(21)22)9-7-13-5-3-2-4-6-13;1-11(21)14-9-13(19)10-15(20)17(14)24-16(18(22)23)8-7-12-5-3-2-4-6-12/h5,8-9,11-12,17H,2-4,6-7,10H2,1H3,(H,22,23);5-7,9-10,17H,2-4,8,11-13H2,1H3,(H,21,22);5,8,10-11,17H,2-4,6-7,9H2,1H3,(H,21,22);5,9-10,16H,2-4,6-8H2,1H3,(H,22,23). The van der Waals surface area contributed by atoms with Crippen molar-refractivity contribution in [2.45, 2.75) is 206 Å². The Kier molecular flexibility index (Phi) is 31.1. The monoisotopic (exact) mass is 1350 g/mol. The highest BCUT2D eigenvalue weighted by atomic mass is 35.5. The van der Waals surface area contributed by atoms with Gasteiger partial charge in [-0.25, -0.2) is 32.8 Å². The van der Waals surface area contributed by atoms with E-state index in [1.54, 1.807) is 54.6 Å². The summed E-state index contributed by atoms with van der Waals surface area (Å²) in [6.07, 6.45) is 26.4. The largest absolute Gasteiger partial charge is 0.479 e. The number of carbonyl (C=O) groups is 7. The van der Waals surface area contributed by atoms with Gasteiger partial charge in [-0.3, -0.25) is 14.4 Å². The molecule has 0 saturated heterocycles. The Morgan fingerprint density at radius 2 is 0.990 bits per heavy atom. The van der Waals surface area contributed by atoms with Crippen molar-refractivity contribution in [2.24, 2.45) is 0 Å². The molecule has 0 saturated carbocycles. The van der Waals surface area contributed by atoms with Crippen molar-refractivity contribution in [1.82, 2.24) is 0 Å². The summed E-state index contributed by atoms with van der Waals surface area (Å²) in [5.74, 6) is -6.83. The Morgan fingerprint density at radius 1 is 0.531 bits per heavy atom. The zero-order valence-corrected chi connectivity index (χ0v) is 55.7. The van der Waals surface area contributed by atoms with E-state index in [0.29, 0.717) is 71.4 Å². The van der Waals surface area contributed by atoms with Crippen molar-refractivity contribution in [3.8, 4) is 23.0 Å². The van der Waals surface area contributed by atoms with Crippen LogP contribution in [0.3, 0.4) is 0 Å². The van der Waals surface area contributed by atoms with Crippen LogP contribution in [0.1, 0.15) is 200 Å². The number of hydrogen-bond acceptors (Lipinski definition) is 14. The van der Waals surface area contributed by atoms with Gasteiger partial charge in [0.1, 0.15) is 28.6 Å². The van der Waals surface area contributed by atoms with Crippen molar-refractivity contribution in [1.29, 1.82) is 0 Å². The van der Waals surface area contributed by atoms with Crippen LogP contribution in [0.5, 0.6) is 23.0 Å². The van der Waals surface area contributed by atoms with Crippen molar-refractivity contribution in [3.63, 3.8) is 0 Å². The molecule has 0 aliphatic heterocycles. The van der Waals surface area contributed by atoms with E-state index in [-0.39, 0.29) is 35.9 Å². The number of methoxy groups -OCH3 is 1. The topological polar surface area (TPSA) is 277 Å². The average molecular weight is 1350 g/mol. The number of Topliss-reactive ketones (excluding diaryl/α,β-unsaturated/α-hetero) is 2. The van der Waals surface area contributed by atoms with Gasteiger partial charge in [0.05, 0.1) is 24.7 Å². The summed E-state index contributed by atoms with van der Waals surface area (Å²) >= 11 is 5.89. The van der Waals surface area contributed by atoms with Crippen LogP contribution in [0.25, 0.3) is 11.0 Å². The maximum Gasteiger partial charge on any atom is 0.344 e. The van der Waals surface area contributed by atoms with Crippen LogP contribution in [0.2, 0.25) is 5.02 Å². The number of carboxylic acids is 4. The Bertz CT molecular complexity index is 3710. The number of ketones is 2. The van der Waals surface area contributed by atoms with Gasteiger partial charge in [-0.2, -0.15) is 0 Å². The lowest BCUT2D eigenvalue weighted by Gasteiger charge is -2.19. The van der Waals surface area contributed by atoms with Crippen molar-refractivity contribution < 1.29 is 90.9 Å². The quantitative estimate of drug-likeness (QED) is 0.0157. The molecule has 21 heteroatoms. The number of halogens is 3. The number of hydrogen-bond donors (Lipinski definition) is 4. The van der Waals surface area contributed by atoms with Gasteiger partial charge in [-0.1, -0.05) is 76.4 Å². The fourth-order valence-corrected chi connectivity index (χ4v) is 11.7. The number of allylic oxidation sites excluding steroid dienone is 8. The fourth-order valence-electron chi connectivity index (χ4n) is 11.5. The summed E-state index contributed by atoms with van der Waals surface area (Å²) in [5, 5.41) is 38.8. The van der Waals surface area contributed by atoms with Crippen LogP contribution in [-0.2, 0) is 35.1 Å². The molecule has 4 atom stereocenters. The van der Waals surface area contributed by atoms with E-state index in [0.717, 1.165) is 107 Å². The van der Waals surface area contributed by atoms with E-state index in [9.17, 15) is 67.6 Å². The molecule has 4 N–H and O–H groups in total. The molecule has 0 radical (unpaired) electrons. The van der Waals surface area contributed by atoms with Crippen LogP contribution in [0.15, 0.2) is 135 Å². The second-order valence-electron chi connectivity index (χ2n) is 24.2. The molecule has 1 heterocycles. The number of aliphatic carboxylic acids is 4.